The van der Waals surface area contributed by atoms with E-state index in [1.165, 1.54) is 103 Å². The van der Waals surface area contributed by atoms with Crippen molar-refractivity contribution in [3.63, 3.8) is 0 Å². The van der Waals surface area contributed by atoms with Crippen LogP contribution in [0.3, 0.4) is 0 Å². The van der Waals surface area contributed by atoms with E-state index in [1.807, 2.05) is 0 Å². The van der Waals surface area contributed by atoms with Gasteiger partial charge in [0.2, 0.25) is 0 Å². The third-order valence-electron chi connectivity index (χ3n) is 7.41. The number of aliphatic carboxylic acids is 2. The Hall–Kier alpha value is -0.200. The van der Waals surface area contributed by atoms with Crippen molar-refractivity contribution in [3.8, 4) is 0 Å². The molecule has 0 saturated heterocycles. The van der Waals surface area contributed by atoms with Crippen molar-refractivity contribution in [1.82, 2.24) is 0 Å². The SMILES string of the molecule is CCCCCCCCCCCCOC(=O)[C@@H](N)CCC(=O)[O-].CCCCCCCCCCCCOC(=O)[C@@H](N)CCC(=O)[O-].[Na+].[Na+]. The molecule has 0 aliphatic heterocycles. The van der Waals surface area contributed by atoms with Crippen LogP contribution in [0.5, 0.6) is 0 Å². The topological polar surface area (TPSA) is 185 Å². The number of rotatable bonds is 30. The van der Waals surface area contributed by atoms with Gasteiger partial charge in [0.15, 0.2) is 0 Å². The summed E-state index contributed by atoms with van der Waals surface area (Å²) in [5, 5.41) is 20.5. The number of unbranched alkanes of at least 4 members (excludes halogenated alkanes) is 18. The Morgan fingerprint density at radius 1 is 0.478 bits per heavy atom. The zero-order chi connectivity index (χ0) is 33.3. The van der Waals surface area contributed by atoms with Crippen molar-refractivity contribution in [2.75, 3.05) is 13.2 Å². The Morgan fingerprint density at radius 3 is 0.957 bits per heavy atom. The second-order valence-electron chi connectivity index (χ2n) is 11.7. The first-order valence-electron chi connectivity index (χ1n) is 17.4. The summed E-state index contributed by atoms with van der Waals surface area (Å²) in [6.07, 6.45) is 24.2. The standard InChI is InChI=1S/2C17H33NO4.2Na/c2*1-2-3-4-5-6-7-8-9-10-11-14-22-17(21)15(18)12-13-16(19)20;;/h2*15H,2-14,18H2,1H3,(H,19,20);;/q;;2*+1/p-2/t2*15-;;/m00../s1. The maximum absolute atomic E-state index is 11.5. The summed E-state index contributed by atoms with van der Waals surface area (Å²) in [6.45, 7) is 5.19. The summed E-state index contributed by atoms with van der Waals surface area (Å²) >= 11 is 0. The third kappa shape index (κ3) is 41.8. The van der Waals surface area contributed by atoms with E-state index >= 15 is 0 Å². The second-order valence-corrected chi connectivity index (χ2v) is 11.7. The van der Waals surface area contributed by atoms with Crippen LogP contribution in [0, 0.1) is 0 Å². The van der Waals surface area contributed by atoms with Gasteiger partial charge in [-0.05, 0) is 38.5 Å². The first-order chi connectivity index (χ1) is 21.1. The molecule has 260 valence electrons. The van der Waals surface area contributed by atoms with Crippen LogP contribution in [0.15, 0.2) is 0 Å². The number of hydrogen-bond donors (Lipinski definition) is 2. The minimum Gasteiger partial charge on any atom is -0.550 e. The Bertz CT molecular complexity index is 659. The molecular weight excluding hydrogens is 610 g/mol. The molecule has 0 aromatic rings. The quantitative estimate of drug-likeness (QED) is 0.0523. The van der Waals surface area contributed by atoms with Crippen molar-refractivity contribution in [3.05, 3.63) is 0 Å². The average Bonchev–Trinajstić information content (AvgIpc) is 3.00. The Morgan fingerprint density at radius 2 is 0.717 bits per heavy atom. The number of carbonyl (C=O) groups excluding carboxylic acids is 4. The first kappa shape index (κ1) is 52.6. The number of carbonyl (C=O) groups is 4. The average molecular weight is 675 g/mol. The van der Waals surface area contributed by atoms with E-state index in [4.69, 9.17) is 20.9 Å². The molecular formula is C34H64N2Na2O8. The van der Waals surface area contributed by atoms with Gasteiger partial charge in [-0.2, -0.15) is 0 Å². The number of ether oxygens (including phenoxy) is 2. The fraction of sp³-hybridized carbons (Fsp3) is 0.882. The van der Waals surface area contributed by atoms with E-state index in [2.05, 4.69) is 13.8 Å². The van der Waals surface area contributed by atoms with Gasteiger partial charge in [-0.1, -0.05) is 129 Å². The number of nitrogens with two attached hydrogens (primary N) is 2. The maximum atomic E-state index is 11.5. The summed E-state index contributed by atoms with van der Waals surface area (Å²) in [7, 11) is 0. The van der Waals surface area contributed by atoms with Crippen molar-refractivity contribution < 1.29 is 98.0 Å². The molecule has 4 N–H and O–H groups in total. The fourth-order valence-electron chi connectivity index (χ4n) is 4.52. The van der Waals surface area contributed by atoms with Crippen LogP contribution in [0.4, 0.5) is 0 Å². The molecule has 0 fully saturated rings. The van der Waals surface area contributed by atoms with E-state index in [0.717, 1.165) is 25.7 Å². The molecule has 2 atom stereocenters. The summed E-state index contributed by atoms with van der Waals surface area (Å²) in [5.74, 6) is -3.43. The minimum absolute atomic E-state index is 0. The predicted molar refractivity (Wildman–Crippen MR) is 170 cm³/mol. The Balaban J connectivity index is -0.000000367. The molecule has 46 heavy (non-hydrogen) atoms. The summed E-state index contributed by atoms with van der Waals surface area (Å²) in [6, 6.07) is -1.72. The van der Waals surface area contributed by atoms with Crippen molar-refractivity contribution in [1.29, 1.82) is 0 Å². The third-order valence-corrected chi connectivity index (χ3v) is 7.41. The second kappa shape index (κ2) is 41.0. The van der Waals surface area contributed by atoms with E-state index in [0.29, 0.717) is 13.2 Å². The molecule has 0 aromatic heterocycles. The molecule has 0 radical (unpaired) electrons. The Labute approximate surface area is 324 Å². The smallest absolute Gasteiger partial charge is 0.550 e. The molecule has 0 aliphatic rings. The number of carboxylic acid groups (broad SMARTS) is 2. The van der Waals surface area contributed by atoms with Crippen LogP contribution in [-0.2, 0) is 28.7 Å². The van der Waals surface area contributed by atoms with Gasteiger partial charge in [0, 0.05) is 11.9 Å². The zero-order valence-corrected chi connectivity index (χ0v) is 34.0. The van der Waals surface area contributed by atoms with Crippen LogP contribution in [0.1, 0.15) is 168 Å². The van der Waals surface area contributed by atoms with Gasteiger partial charge in [0.25, 0.3) is 0 Å². The number of hydrogen-bond acceptors (Lipinski definition) is 10. The molecule has 12 heteroatoms. The molecule has 0 bridgehead atoms. The number of carboxylic acids is 2. The zero-order valence-electron chi connectivity index (χ0n) is 30.0. The summed E-state index contributed by atoms with van der Waals surface area (Å²) < 4.78 is 10.1. The van der Waals surface area contributed by atoms with Gasteiger partial charge in [0.1, 0.15) is 12.1 Å². The monoisotopic (exact) mass is 674 g/mol. The van der Waals surface area contributed by atoms with Crippen LogP contribution in [-0.4, -0.2) is 49.2 Å². The van der Waals surface area contributed by atoms with Crippen LogP contribution in [0.2, 0.25) is 0 Å². The molecule has 0 saturated carbocycles. The van der Waals surface area contributed by atoms with Gasteiger partial charge in [-0.25, -0.2) is 0 Å². The Kier molecular flexibility index (Phi) is 46.9. The maximum Gasteiger partial charge on any atom is 1.00 e. The van der Waals surface area contributed by atoms with Gasteiger partial charge >= 0.3 is 71.1 Å². The summed E-state index contributed by atoms with van der Waals surface area (Å²) in [5.41, 5.74) is 11.1. The molecule has 0 spiro atoms. The van der Waals surface area contributed by atoms with E-state index in [-0.39, 0.29) is 84.8 Å². The van der Waals surface area contributed by atoms with Gasteiger partial charge < -0.3 is 40.7 Å². The molecule has 0 aromatic carbocycles. The molecule has 0 aliphatic carbocycles. The van der Waals surface area contributed by atoms with E-state index in [9.17, 15) is 29.4 Å². The minimum atomic E-state index is -1.20. The molecule has 0 rings (SSSR count). The largest absolute Gasteiger partial charge is 1.00 e. The van der Waals surface area contributed by atoms with Gasteiger partial charge in [-0.3, -0.25) is 9.59 Å². The van der Waals surface area contributed by atoms with Crippen LogP contribution in [0.25, 0.3) is 0 Å². The van der Waals surface area contributed by atoms with Gasteiger partial charge in [0.05, 0.1) is 13.2 Å². The van der Waals surface area contributed by atoms with Crippen LogP contribution >= 0.6 is 0 Å². The predicted octanol–water partition coefficient (Wildman–Crippen LogP) is -1.38. The van der Waals surface area contributed by atoms with Crippen molar-refractivity contribution in [2.24, 2.45) is 11.5 Å². The van der Waals surface area contributed by atoms with E-state index < -0.39 is 36.0 Å². The first-order valence-corrected chi connectivity index (χ1v) is 17.4. The normalized spacial score (nSPS) is 11.6. The van der Waals surface area contributed by atoms with Crippen molar-refractivity contribution in [2.45, 2.75) is 180 Å². The number of esters is 2. The molecule has 0 amide bonds. The van der Waals surface area contributed by atoms with Crippen LogP contribution < -0.4 is 80.8 Å². The molecule has 0 heterocycles. The molecule has 10 nitrogen and oxygen atoms in total. The molecule has 0 unspecified atom stereocenters. The fourth-order valence-corrected chi connectivity index (χ4v) is 4.52. The van der Waals surface area contributed by atoms with Gasteiger partial charge in [-0.15, -0.1) is 0 Å². The summed E-state index contributed by atoms with van der Waals surface area (Å²) in [4.78, 5) is 43.4. The van der Waals surface area contributed by atoms with Crippen molar-refractivity contribution >= 4 is 23.9 Å². The van der Waals surface area contributed by atoms with E-state index in [1.54, 1.807) is 0 Å².